The van der Waals surface area contributed by atoms with Crippen LogP contribution < -0.4 is 4.74 Å². The second-order valence-corrected chi connectivity index (χ2v) is 8.07. The molecule has 2 heterocycles. The summed E-state index contributed by atoms with van der Waals surface area (Å²) in [6.07, 6.45) is -1.45. The molecule has 1 aliphatic heterocycles. The maximum atomic E-state index is 14.7. The van der Waals surface area contributed by atoms with Crippen molar-refractivity contribution in [2.75, 3.05) is 0 Å². The summed E-state index contributed by atoms with van der Waals surface area (Å²) < 4.78 is 21.7. The zero-order chi connectivity index (χ0) is 22.3. The minimum Gasteiger partial charge on any atom is -0.489 e. The third-order valence-corrected chi connectivity index (χ3v) is 5.17. The third-order valence-electron chi connectivity index (χ3n) is 4.63. The van der Waals surface area contributed by atoms with Crippen molar-refractivity contribution in [2.24, 2.45) is 4.99 Å². The summed E-state index contributed by atoms with van der Waals surface area (Å²) in [5.41, 5.74) is 1.93. The van der Waals surface area contributed by atoms with Crippen LogP contribution in [0, 0.1) is 6.08 Å². The Balaban J connectivity index is 2.03. The van der Waals surface area contributed by atoms with Gasteiger partial charge < -0.3 is 9.84 Å². The van der Waals surface area contributed by atoms with Crippen LogP contribution in [0.2, 0.25) is 10.0 Å². The molecule has 0 fully saturated rings. The van der Waals surface area contributed by atoms with Gasteiger partial charge in [0, 0.05) is 16.1 Å². The predicted molar refractivity (Wildman–Crippen MR) is 114 cm³/mol. The SMILES string of the molecule is CC(C)Oc1cc2c(cc1Cl)-n1c(F)nnc1[C@H](CC(=O)O)N=C2c1ccc(Cl)cc1. The van der Waals surface area contributed by atoms with Gasteiger partial charge in [-0.3, -0.25) is 14.4 Å². The lowest BCUT2D eigenvalue weighted by Crippen LogP contribution is -2.12. The second kappa shape index (κ2) is 8.28. The van der Waals surface area contributed by atoms with E-state index < -0.39 is 24.5 Å². The number of carboxylic acid groups (broad SMARTS) is 1. The Labute approximate surface area is 187 Å². The Morgan fingerprint density at radius 3 is 2.58 bits per heavy atom. The molecule has 1 aliphatic rings. The number of aliphatic carboxylic acids is 1. The van der Waals surface area contributed by atoms with E-state index in [0.717, 1.165) is 4.57 Å². The number of rotatable bonds is 5. The number of fused-ring (bicyclic) bond motifs is 3. The smallest absolute Gasteiger partial charge is 0.314 e. The Morgan fingerprint density at radius 1 is 1.23 bits per heavy atom. The van der Waals surface area contributed by atoms with Crippen LogP contribution in [0.15, 0.2) is 41.4 Å². The standard InChI is InChI=1S/C21H17Cl2FN4O3/c1-10(2)31-17-7-13-16(8-14(17)23)28-20(26-27-21(28)24)15(9-18(29)30)25-19(13)11-3-5-12(22)6-4-11/h3-8,10,15H,9H2,1-2H3,(H,29,30)/t15-/m0/s1. The van der Waals surface area contributed by atoms with Crippen LogP contribution in [0.1, 0.15) is 43.3 Å². The molecule has 4 rings (SSSR count). The number of ether oxygens (including phenoxy) is 1. The first-order valence-electron chi connectivity index (χ1n) is 9.42. The molecule has 160 valence electrons. The molecule has 7 nitrogen and oxygen atoms in total. The molecule has 1 atom stereocenters. The molecule has 0 aliphatic carbocycles. The van der Waals surface area contributed by atoms with Crippen LogP contribution in [0.4, 0.5) is 4.39 Å². The van der Waals surface area contributed by atoms with Gasteiger partial charge >= 0.3 is 12.0 Å². The number of aliphatic imine (C=N–C) groups is 1. The van der Waals surface area contributed by atoms with E-state index >= 15 is 0 Å². The minimum atomic E-state index is -1.10. The van der Waals surface area contributed by atoms with Crippen molar-refractivity contribution in [3.63, 3.8) is 0 Å². The van der Waals surface area contributed by atoms with Gasteiger partial charge in [-0.25, -0.2) is 0 Å². The molecular weight excluding hydrogens is 446 g/mol. The number of hydrogen-bond acceptors (Lipinski definition) is 5. The third kappa shape index (κ3) is 4.13. The first-order chi connectivity index (χ1) is 14.7. The summed E-state index contributed by atoms with van der Waals surface area (Å²) in [6.45, 7) is 3.72. The molecular formula is C21H17Cl2FN4O3. The van der Waals surface area contributed by atoms with Gasteiger partial charge in [-0.05, 0) is 38.1 Å². The van der Waals surface area contributed by atoms with E-state index in [1.165, 1.54) is 0 Å². The van der Waals surface area contributed by atoms with Crippen molar-refractivity contribution in [2.45, 2.75) is 32.4 Å². The van der Waals surface area contributed by atoms with Crippen LogP contribution >= 0.6 is 23.2 Å². The Morgan fingerprint density at radius 2 is 1.94 bits per heavy atom. The molecule has 0 unspecified atom stereocenters. The van der Waals surface area contributed by atoms with Gasteiger partial charge in [0.15, 0.2) is 5.82 Å². The highest BCUT2D eigenvalue weighted by atomic mass is 35.5. The van der Waals surface area contributed by atoms with Crippen molar-refractivity contribution in [3.8, 4) is 11.4 Å². The highest BCUT2D eigenvalue weighted by Gasteiger charge is 2.31. The average Bonchev–Trinajstić information content (AvgIpc) is 3.02. The minimum absolute atomic E-state index is 0.0682. The fourth-order valence-corrected chi connectivity index (χ4v) is 3.73. The Kier molecular flexibility index (Phi) is 5.68. The number of benzene rings is 2. The van der Waals surface area contributed by atoms with Crippen molar-refractivity contribution in [3.05, 3.63) is 69.5 Å². The predicted octanol–water partition coefficient (Wildman–Crippen LogP) is 4.87. The van der Waals surface area contributed by atoms with Crippen LogP contribution in [0.25, 0.3) is 5.69 Å². The molecule has 3 aromatic rings. The maximum Gasteiger partial charge on any atom is 0.314 e. The number of halogens is 3. The number of carbonyl (C=O) groups is 1. The van der Waals surface area contributed by atoms with E-state index in [1.54, 1.807) is 36.4 Å². The molecule has 0 amide bonds. The van der Waals surface area contributed by atoms with Gasteiger partial charge in [-0.1, -0.05) is 40.4 Å². The monoisotopic (exact) mass is 462 g/mol. The van der Waals surface area contributed by atoms with E-state index in [4.69, 9.17) is 27.9 Å². The van der Waals surface area contributed by atoms with Gasteiger partial charge in [0.05, 0.1) is 28.9 Å². The van der Waals surface area contributed by atoms with Gasteiger partial charge in [0.1, 0.15) is 11.8 Å². The van der Waals surface area contributed by atoms with Gasteiger partial charge in [0.25, 0.3) is 0 Å². The van der Waals surface area contributed by atoms with Crippen molar-refractivity contribution in [1.29, 1.82) is 0 Å². The summed E-state index contributed by atoms with van der Waals surface area (Å²) >= 11 is 12.5. The molecule has 10 heteroatoms. The molecule has 0 bridgehead atoms. The Hall–Kier alpha value is -2.97. The van der Waals surface area contributed by atoms with Crippen molar-refractivity contribution in [1.82, 2.24) is 14.8 Å². The first-order valence-corrected chi connectivity index (χ1v) is 10.2. The molecule has 0 radical (unpaired) electrons. The topological polar surface area (TPSA) is 89.6 Å². The Bertz CT molecular complexity index is 1190. The summed E-state index contributed by atoms with van der Waals surface area (Å²) in [4.78, 5) is 16.2. The number of aromatic nitrogens is 3. The zero-order valence-electron chi connectivity index (χ0n) is 16.5. The van der Waals surface area contributed by atoms with Crippen LogP contribution in [0.3, 0.4) is 0 Å². The lowest BCUT2D eigenvalue weighted by molar-refractivity contribution is -0.137. The molecule has 1 aromatic heterocycles. The molecule has 2 aromatic carbocycles. The van der Waals surface area contributed by atoms with E-state index in [9.17, 15) is 14.3 Å². The number of nitrogens with zero attached hydrogens (tertiary/aromatic N) is 4. The summed E-state index contributed by atoms with van der Waals surface area (Å²) in [5.74, 6) is -0.644. The molecule has 31 heavy (non-hydrogen) atoms. The molecule has 1 N–H and O–H groups in total. The fourth-order valence-electron chi connectivity index (χ4n) is 3.40. The fraction of sp³-hybridized carbons (Fsp3) is 0.238. The summed E-state index contributed by atoms with van der Waals surface area (Å²) in [7, 11) is 0. The lowest BCUT2D eigenvalue weighted by Gasteiger charge is -2.17. The molecule has 0 saturated heterocycles. The average molecular weight is 463 g/mol. The number of carboxylic acids is 1. The molecule has 0 saturated carbocycles. The highest BCUT2D eigenvalue weighted by molar-refractivity contribution is 6.33. The van der Waals surface area contributed by atoms with Crippen molar-refractivity contribution >= 4 is 34.9 Å². The van der Waals surface area contributed by atoms with E-state index in [1.807, 2.05) is 13.8 Å². The highest BCUT2D eigenvalue weighted by Crippen LogP contribution is 2.38. The van der Waals surface area contributed by atoms with Crippen LogP contribution in [-0.2, 0) is 4.79 Å². The number of hydrogen-bond donors (Lipinski definition) is 1. The van der Waals surface area contributed by atoms with Crippen molar-refractivity contribution < 1.29 is 19.0 Å². The quantitative estimate of drug-likeness (QED) is 0.584. The van der Waals surface area contributed by atoms with E-state index in [2.05, 4.69) is 15.2 Å². The van der Waals surface area contributed by atoms with Crippen LogP contribution in [0.5, 0.6) is 5.75 Å². The summed E-state index contributed by atoms with van der Waals surface area (Å²) in [6, 6.07) is 9.13. The first kappa shape index (κ1) is 21.3. The largest absolute Gasteiger partial charge is 0.489 e. The molecule has 0 spiro atoms. The summed E-state index contributed by atoms with van der Waals surface area (Å²) in [5, 5.41) is 17.6. The van der Waals surface area contributed by atoms with Gasteiger partial charge in [-0.2, -0.15) is 4.39 Å². The van der Waals surface area contributed by atoms with Gasteiger partial charge in [-0.15, -0.1) is 5.10 Å². The van der Waals surface area contributed by atoms with E-state index in [0.29, 0.717) is 33.3 Å². The lowest BCUT2D eigenvalue weighted by atomic mass is 10.00. The zero-order valence-corrected chi connectivity index (χ0v) is 18.0. The normalized spacial score (nSPS) is 15.2. The van der Waals surface area contributed by atoms with Crippen LogP contribution in [-0.4, -0.2) is 37.7 Å². The maximum absolute atomic E-state index is 14.7. The second-order valence-electron chi connectivity index (χ2n) is 7.23. The van der Waals surface area contributed by atoms with E-state index in [-0.39, 0.29) is 17.0 Å². The van der Waals surface area contributed by atoms with Gasteiger partial charge in [0.2, 0.25) is 0 Å².